The lowest BCUT2D eigenvalue weighted by atomic mass is 10.1. The van der Waals surface area contributed by atoms with Crippen molar-refractivity contribution in [2.45, 2.75) is 13.5 Å². The molecule has 1 aliphatic heterocycles. The van der Waals surface area contributed by atoms with Crippen molar-refractivity contribution in [3.63, 3.8) is 0 Å². The molecule has 3 nitrogen and oxygen atoms in total. The summed E-state index contributed by atoms with van der Waals surface area (Å²) < 4.78 is 13.2. The Hall–Kier alpha value is -2.40. The van der Waals surface area contributed by atoms with Gasteiger partial charge in [-0.1, -0.05) is 42.0 Å². The number of thioether (sulfide) groups is 1. The van der Waals surface area contributed by atoms with E-state index in [1.807, 2.05) is 31.2 Å². The number of nitrogens with zero attached hydrogens (tertiary/aromatic N) is 1. The van der Waals surface area contributed by atoms with Crippen LogP contribution in [0, 0.1) is 12.7 Å². The standard InChI is InChI=1S/C18H14FNO2S/c1-12-5-7-13(8-6-12)11-20-17(21)16(23-18(20)22)10-14-3-2-4-15(19)9-14/h2-10H,11H2,1H3. The number of rotatable bonds is 3. The van der Waals surface area contributed by atoms with Gasteiger partial charge in [-0.25, -0.2) is 4.39 Å². The molecule has 0 aromatic heterocycles. The Morgan fingerprint density at radius 3 is 2.57 bits per heavy atom. The number of halogens is 1. The van der Waals surface area contributed by atoms with Crippen molar-refractivity contribution in [3.05, 3.63) is 75.9 Å². The first kappa shape index (κ1) is 15.5. The maximum Gasteiger partial charge on any atom is 0.293 e. The van der Waals surface area contributed by atoms with Gasteiger partial charge >= 0.3 is 0 Å². The molecule has 0 aliphatic carbocycles. The Kier molecular flexibility index (Phi) is 4.30. The van der Waals surface area contributed by atoms with E-state index in [1.54, 1.807) is 18.2 Å². The molecule has 0 unspecified atom stereocenters. The molecule has 1 aliphatic rings. The molecule has 0 bridgehead atoms. The minimum absolute atomic E-state index is 0.242. The molecule has 2 aromatic rings. The Bertz CT molecular complexity index is 799. The zero-order valence-corrected chi connectivity index (χ0v) is 13.3. The minimum atomic E-state index is -0.377. The second-order valence-corrected chi connectivity index (χ2v) is 6.30. The lowest BCUT2D eigenvalue weighted by molar-refractivity contribution is -0.123. The van der Waals surface area contributed by atoms with E-state index in [4.69, 9.17) is 0 Å². The third kappa shape index (κ3) is 3.51. The van der Waals surface area contributed by atoms with E-state index in [0.29, 0.717) is 10.5 Å². The zero-order valence-electron chi connectivity index (χ0n) is 12.5. The highest BCUT2D eigenvalue weighted by molar-refractivity contribution is 8.18. The summed E-state index contributed by atoms with van der Waals surface area (Å²) in [6, 6.07) is 13.6. The van der Waals surface area contributed by atoms with Crippen LogP contribution in [0.3, 0.4) is 0 Å². The molecule has 0 radical (unpaired) electrons. The molecule has 1 saturated heterocycles. The van der Waals surface area contributed by atoms with Gasteiger partial charge in [0.25, 0.3) is 11.1 Å². The van der Waals surface area contributed by atoms with Crippen LogP contribution < -0.4 is 0 Å². The van der Waals surface area contributed by atoms with Gasteiger partial charge in [-0.15, -0.1) is 0 Å². The molecule has 0 N–H and O–H groups in total. The third-order valence-corrected chi connectivity index (χ3v) is 4.39. The summed E-state index contributed by atoms with van der Waals surface area (Å²) >= 11 is 0.881. The summed E-state index contributed by atoms with van der Waals surface area (Å²) in [5.41, 5.74) is 2.57. The Balaban J connectivity index is 1.81. The summed E-state index contributed by atoms with van der Waals surface area (Å²) in [6.07, 6.45) is 1.54. The molecule has 3 rings (SSSR count). The van der Waals surface area contributed by atoms with Gasteiger partial charge in [0.15, 0.2) is 0 Å². The highest BCUT2D eigenvalue weighted by Gasteiger charge is 2.34. The average molecular weight is 327 g/mol. The van der Waals surface area contributed by atoms with Crippen LogP contribution in [-0.4, -0.2) is 16.0 Å². The third-order valence-electron chi connectivity index (χ3n) is 3.48. The summed E-state index contributed by atoms with van der Waals surface area (Å²) in [5.74, 6) is -0.720. The highest BCUT2D eigenvalue weighted by atomic mass is 32.2. The molecule has 116 valence electrons. The predicted molar refractivity (Wildman–Crippen MR) is 89.1 cm³/mol. The number of carbonyl (C=O) groups is 2. The fraction of sp³-hybridized carbons (Fsp3) is 0.111. The Morgan fingerprint density at radius 1 is 1.13 bits per heavy atom. The van der Waals surface area contributed by atoms with Crippen molar-refractivity contribution in [2.75, 3.05) is 0 Å². The summed E-state index contributed by atoms with van der Waals surface area (Å²) in [5, 5.41) is -0.307. The summed E-state index contributed by atoms with van der Waals surface area (Å²) in [6.45, 7) is 2.22. The van der Waals surface area contributed by atoms with Crippen molar-refractivity contribution in [1.29, 1.82) is 0 Å². The molecule has 2 amide bonds. The molecule has 0 saturated carbocycles. The lowest BCUT2D eigenvalue weighted by Gasteiger charge is -2.12. The average Bonchev–Trinajstić information content (AvgIpc) is 2.77. The molecule has 0 spiro atoms. The van der Waals surface area contributed by atoms with Gasteiger partial charge < -0.3 is 0 Å². The van der Waals surface area contributed by atoms with Crippen molar-refractivity contribution < 1.29 is 14.0 Å². The monoisotopic (exact) mass is 327 g/mol. The quantitative estimate of drug-likeness (QED) is 0.786. The number of hydrogen-bond donors (Lipinski definition) is 0. The molecule has 5 heteroatoms. The topological polar surface area (TPSA) is 37.4 Å². The van der Waals surface area contributed by atoms with Crippen LogP contribution in [0.25, 0.3) is 6.08 Å². The summed E-state index contributed by atoms with van der Waals surface area (Å²) in [4.78, 5) is 26.0. The molecule has 1 fully saturated rings. The number of hydrogen-bond acceptors (Lipinski definition) is 3. The van der Waals surface area contributed by atoms with Gasteiger partial charge in [0.05, 0.1) is 11.4 Å². The van der Waals surface area contributed by atoms with Crippen molar-refractivity contribution in [3.8, 4) is 0 Å². The predicted octanol–water partition coefficient (Wildman–Crippen LogP) is 4.37. The fourth-order valence-electron chi connectivity index (χ4n) is 2.26. The normalized spacial score (nSPS) is 16.4. The van der Waals surface area contributed by atoms with Gasteiger partial charge in [-0.05, 0) is 48.0 Å². The fourth-order valence-corrected chi connectivity index (χ4v) is 3.10. The van der Waals surface area contributed by atoms with Crippen molar-refractivity contribution in [1.82, 2.24) is 4.90 Å². The molecule has 1 heterocycles. The lowest BCUT2D eigenvalue weighted by Crippen LogP contribution is -2.27. The molecular weight excluding hydrogens is 313 g/mol. The number of carbonyl (C=O) groups excluding carboxylic acids is 2. The molecule has 2 aromatic carbocycles. The number of imide groups is 1. The van der Waals surface area contributed by atoms with E-state index in [1.165, 1.54) is 17.0 Å². The maximum absolute atomic E-state index is 13.2. The number of aryl methyl sites for hydroxylation is 1. The van der Waals surface area contributed by atoms with Crippen LogP contribution in [0.15, 0.2) is 53.4 Å². The van der Waals surface area contributed by atoms with Crippen LogP contribution in [0.5, 0.6) is 0 Å². The van der Waals surface area contributed by atoms with E-state index in [-0.39, 0.29) is 23.5 Å². The van der Waals surface area contributed by atoms with E-state index in [2.05, 4.69) is 0 Å². The molecule has 0 atom stereocenters. The number of amides is 2. The van der Waals surface area contributed by atoms with Gasteiger partial charge in [0.2, 0.25) is 0 Å². The van der Waals surface area contributed by atoms with Crippen LogP contribution in [0.2, 0.25) is 0 Å². The largest absolute Gasteiger partial charge is 0.293 e. The number of benzene rings is 2. The maximum atomic E-state index is 13.2. The van der Waals surface area contributed by atoms with Crippen LogP contribution in [0.1, 0.15) is 16.7 Å². The molecule has 23 heavy (non-hydrogen) atoms. The second-order valence-electron chi connectivity index (χ2n) is 5.31. The SMILES string of the molecule is Cc1ccc(CN2C(=O)SC(=Cc3cccc(F)c3)C2=O)cc1. The van der Waals surface area contributed by atoms with Crippen LogP contribution in [-0.2, 0) is 11.3 Å². The van der Waals surface area contributed by atoms with Crippen LogP contribution in [0.4, 0.5) is 9.18 Å². The van der Waals surface area contributed by atoms with E-state index in [0.717, 1.165) is 22.9 Å². The second kappa shape index (κ2) is 6.38. The Morgan fingerprint density at radius 2 is 1.87 bits per heavy atom. The van der Waals surface area contributed by atoms with Gasteiger partial charge in [0, 0.05) is 0 Å². The van der Waals surface area contributed by atoms with E-state index >= 15 is 0 Å². The minimum Gasteiger partial charge on any atom is -0.268 e. The zero-order chi connectivity index (χ0) is 16.4. The first-order valence-corrected chi connectivity index (χ1v) is 7.91. The summed E-state index contributed by atoms with van der Waals surface area (Å²) in [7, 11) is 0. The van der Waals surface area contributed by atoms with Crippen molar-refractivity contribution in [2.24, 2.45) is 0 Å². The van der Waals surface area contributed by atoms with Crippen LogP contribution >= 0.6 is 11.8 Å². The first-order chi connectivity index (χ1) is 11.0. The molecular formula is C18H14FNO2S. The van der Waals surface area contributed by atoms with E-state index in [9.17, 15) is 14.0 Å². The smallest absolute Gasteiger partial charge is 0.268 e. The Labute approximate surface area is 137 Å². The van der Waals surface area contributed by atoms with Crippen molar-refractivity contribution >= 4 is 29.0 Å². The van der Waals surface area contributed by atoms with Gasteiger partial charge in [-0.2, -0.15) is 0 Å². The van der Waals surface area contributed by atoms with E-state index < -0.39 is 0 Å². The highest BCUT2D eigenvalue weighted by Crippen LogP contribution is 2.33. The first-order valence-electron chi connectivity index (χ1n) is 7.09. The van der Waals surface area contributed by atoms with Gasteiger partial charge in [0.1, 0.15) is 5.82 Å². The van der Waals surface area contributed by atoms with Gasteiger partial charge in [-0.3, -0.25) is 14.5 Å².